The van der Waals surface area contributed by atoms with Gasteiger partial charge in [0.15, 0.2) is 0 Å². The fourth-order valence-corrected chi connectivity index (χ4v) is 3.44. The first-order valence-corrected chi connectivity index (χ1v) is 7.37. The maximum atomic E-state index is 5.97. The summed E-state index contributed by atoms with van der Waals surface area (Å²) in [6.45, 7) is 0. The molecule has 0 saturated carbocycles. The van der Waals surface area contributed by atoms with Gasteiger partial charge in [0.2, 0.25) is 0 Å². The summed E-state index contributed by atoms with van der Waals surface area (Å²) >= 11 is 5.97. The van der Waals surface area contributed by atoms with Gasteiger partial charge < -0.3 is 5.43 Å². The SMILES string of the molecule is Clc1ccc(C2NN=C3c4ccccc4CCC32)cc1. The van der Waals surface area contributed by atoms with E-state index in [1.165, 1.54) is 22.4 Å². The Kier molecular flexibility index (Phi) is 2.78. The van der Waals surface area contributed by atoms with Gasteiger partial charge in [-0.25, -0.2) is 0 Å². The van der Waals surface area contributed by atoms with E-state index in [1.807, 2.05) is 12.1 Å². The molecule has 2 nitrogen and oxygen atoms in total. The smallest absolute Gasteiger partial charge is 0.0774 e. The van der Waals surface area contributed by atoms with E-state index in [2.05, 4.69) is 46.9 Å². The molecule has 2 atom stereocenters. The summed E-state index contributed by atoms with van der Waals surface area (Å²) in [5, 5.41) is 5.39. The van der Waals surface area contributed by atoms with E-state index in [1.54, 1.807) is 0 Å². The van der Waals surface area contributed by atoms with Crippen molar-refractivity contribution in [3.05, 3.63) is 70.2 Å². The molecular weight excluding hydrogens is 268 g/mol. The lowest BCUT2D eigenvalue weighted by atomic mass is 9.77. The Morgan fingerprint density at radius 2 is 1.85 bits per heavy atom. The number of nitrogens with one attached hydrogen (secondary N) is 1. The van der Waals surface area contributed by atoms with Crippen LogP contribution in [0.2, 0.25) is 5.02 Å². The van der Waals surface area contributed by atoms with Crippen molar-refractivity contribution in [3.63, 3.8) is 0 Å². The van der Waals surface area contributed by atoms with Crippen LogP contribution in [-0.2, 0) is 6.42 Å². The number of benzene rings is 2. The number of rotatable bonds is 1. The molecule has 4 rings (SSSR count). The summed E-state index contributed by atoms with van der Waals surface area (Å²) in [4.78, 5) is 0. The highest BCUT2D eigenvalue weighted by Crippen LogP contribution is 2.38. The Morgan fingerprint density at radius 1 is 1.05 bits per heavy atom. The van der Waals surface area contributed by atoms with Gasteiger partial charge in [-0.3, -0.25) is 0 Å². The van der Waals surface area contributed by atoms with Crippen molar-refractivity contribution in [2.24, 2.45) is 11.0 Å². The molecule has 3 heteroatoms. The van der Waals surface area contributed by atoms with Gasteiger partial charge >= 0.3 is 0 Å². The van der Waals surface area contributed by atoms with Gasteiger partial charge in [-0.2, -0.15) is 5.10 Å². The molecule has 1 aliphatic carbocycles. The molecule has 2 aliphatic rings. The van der Waals surface area contributed by atoms with Gasteiger partial charge in [-0.05, 0) is 36.1 Å². The number of aryl methyl sites for hydroxylation is 1. The Balaban J connectivity index is 1.69. The second-order valence-corrected chi connectivity index (χ2v) is 5.89. The third kappa shape index (κ3) is 1.83. The van der Waals surface area contributed by atoms with Gasteiger partial charge in [0.1, 0.15) is 0 Å². The lowest BCUT2D eigenvalue weighted by Crippen LogP contribution is -2.26. The lowest BCUT2D eigenvalue weighted by Gasteiger charge is -2.26. The molecule has 0 radical (unpaired) electrons. The van der Waals surface area contributed by atoms with Gasteiger partial charge in [-0.15, -0.1) is 0 Å². The van der Waals surface area contributed by atoms with Crippen LogP contribution in [0.5, 0.6) is 0 Å². The average molecular weight is 283 g/mol. The van der Waals surface area contributed by atoms with Crippen LogP contribution < -0.4 is 5.43 Å². The summed E-state index contributed by atoms with van der Waals surface area (Å²) < 4.78 is 0. The molecule has 0 saturated heterocycles. The maximum absolute atomic E-state index is 5.97. The standard InChI is InChI=1S/C17H15ClN2/c18-13-8-5-12(6-9-13)16-15-10-7-11-3-1-2-4-14(11)17(15)20-19-16/h1-6,8-9,15-16,19H,7,10H2. The molecule has 0 aromatic heterocycles. The zero-order valence-corrected chi connectivity index (χ0v) is 11.8. The molecule has 1 heterocycles. The molecule has 2 unspecified atom stereocenters. The Labute approximate surface area is 123 Å². The first-order valence-electron chi connectivity index (χ1n) is 7.00. The molecule has 1 aliphatic heterocycles. The van der Waals surface area contributed by atoms with Gasteiger partial charge in [-0.1, -0.05) is 48.0 Å². The second-order valence-electron chi connectivity index (χ2n) is 5.46. The number of hydrogen-bond donors (Lipinski definition) is 1. The van der Waals surface area contributed by atoms with E-state index in [0.717, 1.165) is 17.9 Å². The Bertz CT molecular complexity index is 676. The summed E-state index contributed by atoms with van der Waals surface area (Å²) in [7, 11) is 0. The van der Waals surface area contributed by atoms with Crippen LogP contribution in [0, 0.1) is 5.92 Å². The topological polar surface area (TPSA) is 24.4 Å². The van der Waals surface area contributed by atoms with E-state index in [0.29, 0.717) is 5.92 Å². The maximum Gasteiger partial charge on any atom is 0.0774 e. The monoisotopic (exact) mass is 282 g/mol. The van der Waals surface area contributed by atoms with Crippen molar-refractivity contribution in [3.8, 4) is 0 Å². The predicted octanol–water partition coefficient (Wildman–Crippen LogP) is 3.95. The molecule has 20 heavy (non-hydrogen) atoms. The zero-order valence-electron chi connectivity index (χ0n) is 11.0. The van der Waals surface area contributed by atoms with Crippen molar-refractivity contribution in [1.29, 1.82) is 0 Å². The van der Waals surface area contributed by atoms with E-state index in [-0.39, 0.29) is 6.04 Å². The molecule has 2 aromatic carbocycles. The van der Waals surface area contributed by atoms with E-state index < -0.39 is 0 Å². The van der Waals surface area contributed by atoms with Crippen LogP contribution >= 0.6 is 11.6 Å². The van der Waals surface area contributed by atoms with E-state index >= 15 is 0 Å². The van der Waals surface area contributed by atoms with Crippen LogP contribution in [-0.4, -0.2) is 5.71 Å². The van der Waals surface area contributed by atoms with Crippen LogP contribution in [0.3, 0.4) is 0 Å². The largest absolute Gasteiger partial charge is 0.302 e. The highest BCUT2D eigenvalue weighted by molar-refractivity contribution is 6.30. The predicted molar refractivity (Wildman–Crippen MR) is 82.1 cm³/mol. The second kappa shape index (κ2) is 4.64. The Morgan fingerprint density at radius 3 is 2.70 bits per heavy atom. The number of nitrogens with zero attached hydrogens (tertiary/aromatic N) is 1. The first-order chi connectivity index (χ1) is 9.83. The summed E-state index contributed by atoms with van der Waals surface area (Å²) in [6, 6.07) is 17.0. The molecular formula is C17H15ClN2. The molecule has 0 bridgehead atoms. The molecule has 0 spiro atoms. The van der Waals surface area contributed by atoms with Crippen molar-refractivity contribution < 1.29 is 0 Å². The third-order valence-corrected chi connectivity index (χ3v) is 4.58. The van der Waals surface area contributed by atoms with Gasteiger partial charge in [0.05, 0.1) is 11.8 Å². The minimum atomic E-state index is 0.274. The van der Waals surface area contributed by atoms with Crippen molar-refractivity contribution in [2.45, 2.75) is 18.9 Å². The van der Waals surface area contributed by atoms with Crippen LogP contribution in [0.1, 0.15) is 29.2 Å². The Hall–Kier alpha value is -1.80. The van der Waals surface area contributed by atoms with Gasteiger partial charge in [0.25, 0.3) is 0 Å². The lowest BCUT2D eigenvalue weighted by molar-refractivity contribution is 0.467. The summed E-state index contributed by atoms with van der Waals surface area (Å²) in [5.74, 6) is 0.464. The van der Waals surface area contributed by atoms with Crippen molar-refractivity contribution in [1.82, 2.24) is 5.43 Å². The highest BCUT2D eigenvalue weighted by Gasteiger charge is 2.36. The number of fused-ring (bicyclic) bond motifs is 3. The van der Waals surface area contributed by atoms with Crippen molar-refractivity contribution >= 4 is 17.3 Å². The molecule has 100 valence electrons. The summed E-state index contributed by atoms with van der Waals surface area (Å²) in [6.07, 6.45) is 2.28. The molecule has 0 amide bonds. The zero-order chi connectivity index (χ0) is 13.5. The normalized spacial score (nSPS) is 23.6. The van der Waals surface area contributed by atoms with Crippen LogP contribution in [0.15, 0.2) is 53.6 Å². The molecule has 2 aromatic rings. The quantitative estimate of drug-likeness (QED) is 0.841. The van der Waals surface area contributed by atoms with Crippen molar-refractivity contribution in [2.75, 3.05) is 0 Å². The van der Waals surface area contributed by atoms with Crippen LogP contribution in [0.4, 0.5) is 0 Å². The van der Waals surface area contributed by atoms with E-state index in [4.69, 9.17) is 11.6 Å². The van der Waals surface area contributed by atoms with Crippen LogP contribution in [0.25, 0.3) is 0 Å². The minimum absolute atomic E-state index is 0.274. The number of hydrazone groups is 1. The highest BCUT2D eigenvalue weighted by atomic mass is 35.5. The number of hydrogen-bond acceptors (Lipinski definition) is 2. The minimum Gasteiger partial charge on any atom is -0.302 e. The average Bonchev–Trinajstić information content (AvgIpc) is 2.92. The number of halogens is 1. The molecule has 1 N–H and O–H groups in total. The third-order valence-electron chi connectivity index (χ3n) is 4.32. The summed E-state index contributed by atoms with van der Waals surface area (Å²) in [5.41, 5.74) is 8.53. The van der Waals surface area contributed by atoms with Gasteiger partial charge in [0, 0.05) is 16.5 Å². The molecule has 0 fully saturated rings. The fourth-order valence-electron chi connectivity index (χ4n) is 3.31. The first kappa shape index (κ1) is 12.0. The van der Waals surface area contributed by atoms with E-state index in [9.17, 15) is 0 Å². The fraction of sp³-hybridized carbons (Fsp3) is 0.235.